The van der Waals surface area contributed by atoms with Crippen molar-refractivity contribution in [2.24, 2.45) is 0 Å². The molecule has 100 valence electrons. The molecule has 4 rings (SSSR count). The van der Waals surface area contributed by atoms with Crippen LogP contribution >= 0.6 is 11.3 Å². The SMILES string of the molecule is O=C1C(=O)c2sc(-c3cccnc3)nc2-c2ccccc21. The fraction of sp³-hybridized carbons (Fsp3) is 0. The highest BCUT2D eigenvalue weighted by atomic mass is 32.1. The first kappa shape index (κ1) is 12.1. The number of rotatable bonds is 1. The first-order valence-corrected chi connectivity index (χ1v) is 7.17. The van der Waals surface area contributed by atoms with Crippen LogP contribution in [-0.4, -0.2) is 21.5 Å². The molecule has 5 heteroatoms. The molecular weight excluding hydrogens is 284 g/mol. The highest BCUT2D eigenvalue weighted by Gasteiger charge is 2.33. The van der Waals surface area contributed by atoms with Gasteiger partial charge in [-0.15, -0.1) is 11.3 Å². The molecular formula is C16H8N2O2S. The van der Waals surface area contributed by atoms with E-state index in [2.05, 4.69) is 9.97 Å². The first-order valence-electron chi connectivity index (χ1n) is 6.35. The topological polar surface area (TPSA) is 59.9 Å². The summed E-state index contributed by atoms with van der Waals surface area (Å²) in [7, 11) is 0. The number of fused-ring (bicyclic) bond motifs is 3. The lowest BCUT2D eigenvalue weighted by Gasteiger charge is -2.11. The number of benzene rings is 1. The molecule has 3 aromatic rings. The molecule has 0 radical (unpaired) electrons. The number of carbonyl (C=O) groups excluding carboxylic acids is 2. The number of ketones is 2. The van der Waals surface area contributed by atoms with Gasteiger partial charge in [0.2, 0.25) is 11.6 Å². The molecule has 21 heavy (non-hydrogen) atoms. The van der Waals surface area contributed by atoms with E-state index in [0.29, 0.717) is 21.1 Å². The average molecular weight is 292 g/mol. The molecule has 0 amide bonds. The Morgan fingerprint density at radius 2 is 1.71 bits per heavy atom. The molecule has 1 aliphatic carbocycles. The molecule has 0 N–H and O–H groups in total. The van der Waals surface area contributed by atoms with Crippen LogP contribution in [0.5, 0.6) is 0 Å². The number of aromatic nitrogens is 2. The molecule has 2 aromatic heterocycles. The minimum absolute atomic E-state index is 0.414. The summed E-state index contributed by atoms with van der Waals surface area (Å²) in [6.45, 7) is 0. The third kappa shape index (κ3) is 1.75. The van der Waals surface area contributed by atoms with Crippen molar-refractivity contribution in [3.05, 3.63) is 59.2 Å². The number of Topliss-reactive ketones (excluding diaryl/α,β-unsaturated/α-hetero) is 2. The van der Waals surface area contributed by atoms with Gasteiger partial charge >= 0.3 is 0 Å². The summed E-state index contributed by atoms with van der Waals surface area (Å²) in [4.78, 5) is 33.4. The van der Waals surface area contributed by atoms with E-state index in [-0.39, 0.29) is 0 Å². The second-order valence-corrected chi connectivity index (χ2v) is 5.64. The van der Waals surface area contributed by atoms with Crippen LogP contribution in [-0.2, 0) is 0 Å². The minimum Gasteiger partial charge on any atom is -0.285 e. The Morgan fingerprint density at radius 1 is 0.905 bits per heavy atom. The first-order chi connectivity index (χ1) is 10.3. The van der Waals surface area contributed by atoms with Crippen LogP contribution in [0.15, 0.2) is 48.8 Å². The number of carbonyl (C=O) groups is 2. The van der Waals surface area contributed by atoms with Gasteiger partial charge in [-0.25, -0.2) is 4.98 Å². The molecule has 0 saturated carbocycles. The van der Waals surface area contributed by atoms with E-state index in [1.807, 2.05) is 24.3 Å². The maximum atomic E-state index is 12.2. The van der Waals surface area contributed by atoms with Gasteiger partial charge in [0.1, 0.15) is 9.88 Å². The van der Waals surface area contributed by atoms with Crippen LogP contribution in [0.4, 0.5) is 0 Å². The molecule has 1 aromatic carbocycles. The Hall–Kier alpha value is -2.66. The molecule has 0 spiro atoms. The lowest BCUT2D eigenvalue weighted by Crippen LogP contribution is -2.19. The van der Waals surface area contributed by atoms with Crippen molar-refractivity contribution in [1.29, 1.82) is 0 Å². The van der Waals surface area contributed by atoms with Gasteiger partial charge in [0.15, 0.2) is 0 Å². The predicted molar refractivity (Wildman–Crippen MR) is 79.4 cm³/mol. The molecule has 0 bridgehead atoms. The summed E-state index contributed by atoms with van der Waals surface area (Å²) in [6, 6.07) is 10.8. The van der Waals surface area contributed by atoms with Crippen molar-refractivity contribution < 1.29 is 9.59 Å². The number of thiazole rings is 1. The third-order valence-electron chi connectivity index (χ3n) is 3.37. The maximum absolute atomic E-state index is 12.2. The molecule has 0 saturated heterocycles. The van der Waals surface area contributed by atoms with Gasteiger partial charge in [-0.05, 0) is 12.1 Å². The normalized spacial score (nSPS) is 13.0. The lowest BCUT2D eigenvalue weighted by molar-refractivity contribution is 0.0817. The van der Waals surface area contributed by atoms with E-state index in [9.17, 15) is 9.59 Å². The molecule has 0 atom stereocenters. The van der Waals surface area contributed by atoms with Gasteiger partial charge in [0.25, 0.3) is 0 Å². The lowest BCUT2D eigenvalue weighted by atomic mass is 9.92. The number of hydrogen-bond acceptors (Lipinski definition) is 5. The summed E-state index contributed by atoms with van der Waals surface area (Å²) in [5, 5.41) is 0.700. The maximum Gasteiger partial charge on any atom is 0.245 e. The second-order valence-electron chi connectivity index (χ2n) is 4.64. The van der Waals surface area contributed by atoms with Crippen LogP contribution in [0.25, 0.3) is 21.8 Å². The summed E-state index contributed by atoms with van der Waals surface area (Å²) in [6.07, 6.45) is 3.38. The highest BCUT2D eigenvalue weighted by molar-refractivity contribution is 7.18. The largest absolute Gasteiger partial charge is 0.285 e. The predicted octanol–water partition coefficient (Wildman–Crippen LogP) is 3.25. The number of nitrogens with zero attached hydrogens (tertiary/aromatic N) is 2. The van der Waals surface area contributed by atoms with Crippen molar-refractivity contribution in [3.8, 4) is 21.8 Å². The average Bonchev–Trinajstić information content (AvgIpc) is 2.99. The van der Waals surface area contributed by atoms with E-state index in [1.165, 1.54) is 11.3 Å². The van der Waals surface area contributed by atoms with E-state index >= 15 is 0 Å². The van der Waals surface area contributed by atoms with Gasteiger partial charge < -0.3 is 0 Å². The van der Waals surface area contributed by atoms with Crippen molar-refractivity contribution >= 4 is 22.9 Å². The third-order valence-corrected chi connectivity index (χ3v) is 4.48. The summed E-state index contributed by atoms with van der Waals surface area (Å²) >= 11 is 1.24. The Kier molecular flexibility index (Phi) is 2.55. The van der Waals surface area contributed by atoms with Crippen LogP contribution in [0.2, 0.25) is 0 Å². The monoisotopic (exact) mass is 292 g/mol. The number of hydrogen-bond donors (Lipinski definition) is 0. The standard InChI is InChI=1S/C16H8N2O2S/c19-13-11-6-2-1-5-10(11)12-15(14(13)20)21-16(18-12)9-4-3-7-17-8-9/h1-8H. The van der Waals surface area contributed by atoms with Crippen LogP contribution < -0.4 is 0 Å². The van der Waals surface area contributed by atoms with Crippen molar-refractivity contribution in [2.75, 3.05) is 0 Å². The van der Waals surface area contributed by atoms with Gasteiger partial charge in [0.05, 0.1) is 5.69 Å². The Balaban J connectivity index is 1.97. The number of pyridine rings is 1. The Bertz CT molecular complexity index is 884. The van der Waals surface area contributed by atoms with E-state index in [1.54, 1.807) is 24.5 Å². The van der Waals surface area contributed by atoms with Crippen LogP contribution in [0.1, 0.15) is 20.0 Å². The summed E-state index contributed by atoms with van der Waals surface area (Å²) < 4.78 is 0. The second kappa shape index (κ2) is 4.43. The van der Waals surface area contributed by atoms with Gasteiger partial charge in [-0.1, -0.05) is 24.3 Å². The van der Waals surface area contributed by atoms with E-state index in [0.717, 1.165) is 11.1 Å². The Morgan fingerprint density at radius 3 is 2.48 bits per heavy atom. The summed E-state index contributed by atoms with van der Waals surface area (Å²) in [5.74, 6) is -0.934. The van der Waals surface area contributed by atoms with Crippen molar-refractivity contribution in [3.63, 3.8) is 0 Å². The van der Waals surface area contributed by atoms with Crippen LogP contribution in [0, 0.1) is 0 Å². The zero-order valence-corrected chi connectivity index (χ0v) is 11.6. The minimum atomic E-state index is -0.476. The molecule has 0 unspecified atom stereocenters. The molecule has 4 nitrogen and oxygen atoms in total. The molecule has 2 heterocycles. The fourth-order valence-corrected chi connectivity index (χ4v) is 3.39. The molecule has 0 fully saturated rings. The zero-order chi connectivity index (χ0) is 14.4. The Labute approximate surface area is 124 Å². The van der Waals surface area contributed by atoms with Crippen LogP contribution in [0.3, 0.4) is 0 Å². The quantitative estimate of drug-likeness (QED) is 0.646. The van der Waals surface area contributed by atoms with Gasteiger partial charge in [-0.3, -0.25) is 14.6 Å². The highest BCUT2D eigenvalue weighted by Crippen LogP contribution is 2.39. The summed E-state index contributed by atoms with van der Waals surface area (Å²) in [5.41, 5.74) is 2.59. The van der Waals surface area contributed by atoms with Gasteiger partial charge in [-0.2, -0.15) is 0 Å². The molecule has 0 aliphatic heterocycles. The molecule has 1 aliphatic rings. The smallest absolute Gasteiger partial charge is 0.245 e. The van der Waals surface area contributed by atoms with E-state index < -0.39 is 11.6 Å². The fourth-order valence-electron chi connectivity index (χ4n) is 2.38. The van der Waals surface area contributed by atoms with Gasteiger partial charge in [0, 0.05) is 29.1 Å². The van der Waals surface area contributed by atoms with Crippen molar-refractivity contribution in [2.45, 2.75) is 0 Å². The zero-order valence-electron chi connectivity index (χ0n) is 10.7. The van der Waals surface area contributed by atoms with E-state index in [4.69, 9.17) is 0 Å². The van der Waals surface area contributed by atoms with Crippen molar-refractivity contribution in [1.82, 2.24) is 9.97 Å².